The van der Waals surface area contributed by atoms with Crippen LogP contribution in [0.2, 0.25) is 0 Å². The Morgan fingerprint density at radius 1 is 1.00 bits per heavy atom. The van der Waals surface area contributed by atoms with Gasteiger partial charge in [0.2, 0.25) is 0 Å². The summed E-state index contributed by atoms with van der Waals surface area (Å²) in [5.74, 6) is -0.170. The highest BCUT2D eigenvalue weighted by molar-refractivity contribution is 7.13. The number of rotatable bonds is 3. The smallest absolute Gasteiger partial charge is 0.275 e. The topological polar surface area (TPSA) is 53.5 Å². The average Bonchev–Trinajstić information content (AvgIpc) is 3.51. The normalized spacial score (nSPS) is 21.6. The zero-order chi connectivity index (χ0) is 23.3. The van der Waals surface area contributed by atoms with Gasteiger partial charge in [-0.15, -0.1) is 11.3 Å². The van der Waals surface area contributed by atoms with E-state index in [9.17, 15) is 9.59 Å². The minimum Gasteiger partial charge on any atom is -0.309 e. The van der Waals surface area contributed by atoms with E-state index in [1.165, 1.54) is 11.3 Å². The number of thiazole rings is 1. The van der Waals surface area contributed by atoms with E-state index >= 15 is 0 Å². The number of fused-ring (bicyclic) bond motifs is 2. The van der Waals surface area contributed by atoms with Gasteiger partial charge in [0.15, 0.2) is 0 Å². The Balaban J connectivity index is 1.44. The van der Waals surface area contributed by atoms with E-state index in [-0.39, 0.29) is 11.8 Å². The maximum Gasteiger partial charge on any atom is 0.275 e. The van der Waals surface area contributed by atoms with E-state index in [0.717, 1.165) is 32.3 Å². The molecule has 0 spiro atoms. The predicted octanol–water partition coefficient (Wildman–Crippen LogP) is 5.50. The number of benzene rings is 2. The molecule has 5 nitrogen and oxygen atoms in total. The number of hydrogen-bond donors (Lipinski definition) is 0. The van der Waals surface area contributed by atoms with E-state index in [2.05, 4.69) is 4.98 Å². The van der Waals surface area contributed by atoms with Crippen molar-refractivity contribution in [3.8, 4) is 10.6 Å². The van der Waals surface area contributed by atoms with Crippen LogP contribution in [0.4, 0.5) is 0 Å². The third kappa shape index (κ3) is 3.24. The Bertz CT molecular complexity index is 1360. The predicted molar refractivity (Wildman–Crippen MR) is 134 cm³/mol. The first-order valence-corrected chi connectivity index (χ1v) is 12.6. The summed E-state index contributed by atoms with van der Waals surface area (Å²) in [5.41, 5.74) is 3.30. The number of hydrogen-bond acceptors (Lipinski definition) is 4. The van der Waals surface area contributed by atoms with Crippen LogP contribution in [0.5, 0.6) is 0 Å². The molecule has 1 atom stereocenters. The van der Waals surface area contributed by atoms with Gasteiger partial charge in [0.05, 0.1) is 0 Å². The van der Waals surface area contributed by atoms with Gasteiger partial charge < -0.3 is 9.80 Å². The summed E-state index contributed by atoms with van der Waals surface area (Å²) >= 11 is 7.74. The number of nitrogens with zero attached hydrogens (tertiary/aromatic N) is 3. The van der Waals surface area contributed by atoms with Crippen molar-refractivity contribution in [3.63, 3.8) is 0 Å². The van der Waals surface area contributed by atoms with Gasteiger partial charge in [-0.1, -0.05) is 66.2 Å². The van der Waals surface area contributed by atoms with Crippen LogP contribution < -0.4 is 0 Å². The molecule has 2 amide bonds. The lowest BCUT2D eigenvalue weighted by molar-refractivity contribution is 0.0245. The summed E-state index contributed by atoms with van der Waals surface area (Å²) in [7, 11) is 0. The van der Waals surface area contributed by atoms with Crippen LogP contribution in [-0.2, 0) is 6.42 Å². The molecule has 1 saturated heterocycles. The van der Waals surface area contributed by atoms with Gasteiger partial charge in [-0.2, -0.15) is 0 Å². The van der Waals surface area contributed by atoms with Crippen molar-refractivity contribution in [3.05, 3.63) is 99.6 Å². The summed E-state index contributed by atoms with van der Waals surface area (Å²) in [5, 5.41) is 3.42. The van der Waals surface area contributed by atoms with E-state index in [1.54, 1.807) is 0 Å². The minimum atomic E-state index is -0.840. The van der Waals surface area contributed by atoms with Gasteiger partial charge in [-0.3, -0.25) is 9.59 Å². The standard InChI is InChI=1S/C27H22ClN3O2S/c28-21-12-10-20(11-13-21)27-16-19-8-4-5-9-22(19)25(32)30(27)14-15-31(27)26(33)23-17-34-24(29-23)18-6-2-1-3-7-18/h1-10,12,17H,11,13-16H2. The zero-order valence-corrected chi connectivity index (χ0v) is 20.0. The fourth-order valence-electron chi connectivity index (χ4n) is 5.37. The first-order valence-electron chi connectivity index (χ1n) is 11.4. The maximum atomic E-state index is 13.9. The van der Waals surface area contributed by atoms with Gasteiger partial charge in [-0.25, -0.2) is 4.98 Å². The molecule has 0 saturated carbocycles. The van der Waals surface area contributed by atoms with Crippen LogP contribution in [-0.4, -0.2) is 45.4 Å². The molecule has 1 fully saturated rings. The molecule has 1 aliphatic carbocycles. The van der Waals surface area contributed by atoms with E-state index in [1.807, 2.05) is 81.9 Å². The lowest BCUT2D eigenvalue weighted by Gasteiger charge is -2.48. The molecule has 1 aromatic heterocycles. The Kier molecular flexibility index (Phi) is 5.15. The highest BCUT2D eigenvalue weighted by atomic mass is 35.5. The Labute approximate surface area is 207 Å². The lowest BCUT2D eigenvalue weighted by Crippen LogP contribution is -2.62. The quantitative estimate of drug-likeness (QED) is 0.490. The summed E-state index contributed by atoms with van der Waals surface area (Å²) in [6.45, 7) is 0.953. The summed E-state index contributed by atoms with van der Waals surface area (Å²) in [6, 6.07) is 17.6. The number of amides is 2. The fourth-order valence-corrected chi connectivity index (χ4v) is 6.33. The number of allylic oxidation sites excluding steroid dienone is 3. The van der Waals surface area contributed by atoms with Gasteiger partial charge in [0, 0.05) is 41.0 Å². The molecule has 3 heterocycles. The molecule has 0 N–H and O–H groups in total. The molecule has 170 valence electrons. The molecule has 3 aliphatic rings. The summed E-state index contributed by atoms with van der Waals surface area (Å²) < 4.78 is 0. The largest absolute Gasteiger partial charge is 0.309 e. The Morgan fingerprint density at radius 2 is 1.79 bits per heavy atom. The molecule has 34 heavy (non-hydrogen) atoms. The van der Waals surface area contributed by atoms with Gasteiger partial charge >= 0.3 is 0 Å². The molecule has 3 aromatic rings. The lowest BCUT2D eigenvalue weighted by atomic mass is 9.80. The second kappa shape index (κ2) is 8.22. The van der Waals surface area contributed by atoms with Gasteiger partial charge in [-0.05, 0) is 36.1 Å². The van der Waals surface area contributed by atoms with Crippen LogP contribution >= 0.6 is 22.9 Å². The molecular weight excluding hydrogens is 466 g/mol. The van der Waals surface area contributed by atoms with Gasteiger partial charge in [0.25, 0.3) is 11.8 Å². The molecule has 0 bridgehead atoms. The van der Waals surface area contributed by atoms with Crippen LogP contribution in [0, 0.1) is 0 Å². The molecule has 2 aliphatic heterocycles. The third-order valence-corrected chi connectivity index (χ3v) is 8.18. The van der Waals surface area contributed by atoms with Crippen molar-refractivity contribution in [2.75, 3.05) is 13.1 Å². The van der Waals surface area contributed by atoms with Crippen LogP contribution in [0.3, 0.4) is 0 Å². The third-order valence-electron chi connectivity index (χ3n) is 6.97. The van der Waals surface area contributed by atoms with E-state index in [0.29, 0.717) is 38.0 Å². The summed E-state index contributed by atoms with van der Waals surface area (Å²) in [4.78, 5) is 36.0. The second-order valence-electron chi connectivity index (χ2n) is 8.77. The number of halogens is 1. The van der Waals surface area contributed by atoms with Crippen molar-refractivity contribution in [1.82, 2.24) is 14.8 Å². The van der Waals surface area contributed by atoms with Crippen molar-refractivity contribution < 1.29 is 9.59 Å². The number of carbonyl (C=O) groups is 2. The first kappa shape index (κ1) is 21.3. The summed E-state index contributed by atoms with van der Waals surface area (Å²) in [6.07, 6.45) is 5.87. The Hall–Kier alpha value is -3.22. The number of carbonyl (C=O) groups excluding carboxylic acids is 2. The molecule has 2 aromatic carbocycles. The monoisotopic (exact) mass is 487 g/mol. The van der Waals surface area contributed by atoms with Gasteiger partial charge in [0.1, 0.15) is 16.4 Å². The molecule has 7 heteroatoms. The van der Waals surface area contributed by atoms with Crippen LogP contribution in [0.25, 0.3) is 10.6 Å². The molecular formula is C27H22ClN3O2S. The first-order chi connectivity index (χ1) is 16.6. The van der Waals surface area contributed by atoms with Crippen molar-refractivity contribution in [2.24, 2.45) is 0 Å². The second-order valence-corrected chi connectivity index (χ2v) is 10.1. The maximum absolute atomic E-state index is 13.9. The Morgan fingerprint density at radius 3 is 2.59 bits per heavy atom. The highest BCUT2D eigenvalue weighted by Crippen LogP contribution is 2.46. The van der Waals surface area contributed by atoms with Crippen molar-refractivity contribution in [1.29, 1.82) is 0 Å². The van der Waals surface area contributed by atoms with E-state index in [4.69, 9.17) is 11.6 Å². The zero-order valence-electron chi connectivity index (χ0n) is 18.4. The van der Waals surface area contributed by atoms with Crippen LogP contribution in [0.15, 0.2) is 82.7 Å². The average molecular weight is 488 g/mol. The fraction of sp³-hybridized carbons (Fsp3) is 0.222. The van der Waals surface area contributed by atoms with E-state index < -0.39 is 5.66 Å². The number of aromatic nitrogens is 1. The minimum absolute atomic E-state index is 0.0260. The molecule has 1 unspecified atom stereocenters. The molecule has 6 rings (SSSR count). The van der Waals surface area contributed by atoms with Crippen molar-refractivity contribution >= 4 is 34.8 Å². The van der Waals surface area contributed by atoms with Crippen LogP contribution in [0.1, 0.15) is 39.3 Å². The highest BCUT2D eigenvalue weighted by Gasteiger charge is 2.56. The SMILES string of the molecule is O=C(c1csc(-c2ccccc2)n1)N1CCN2C(=O)c3ccccc3CC12C1=CC=C(Cl)CC1. The van der Waals surface area contributed by atoms with Crippen molar-refractivity contribution in [2.45, 2.75) is 24.9 Å². The molecule has 0 radical (unpaired) electrons.